The molecule has 10 nitrogen and oxygen atoms in total. The van der Waals surface area contributed by atoms with Crippen LogP contribution in [0.25, 0.3) is 5.70 Å². The van der Waals surface area contributed by atoms with Crippen LogP contribution >= 0.6 is 0 Å². The first kappa shape index (κ1) is 33.3. The van der Waals surface area contributed by atoms with Crippen molar-refractivity contribution in [2.24, 2.45) is 13.0 Å². The van der Waals surface area contributed by atoms with E-state index in [-0.39, 0.29) is 11.9 Å². The molecule has 0 saturated carbocycles. The monoisotopic (exact) mass is 611 g/mol. The SMILES string of the molecule is C=C(CNCCC1(c2nc(=O)on2C)c2ccc(C(=C)NC)cc2CCc2cc(C(=O)NC)ccc21)NC(C#N)C[C@@H](C)CC. The van der Waals surface area contributed by atoms with E-state index in [1.807, 2.05) is 31.3 Å². The number of carbonyl (C=O) groups excluding carboxylic acids is 1. The summed E-state index contributed by atoms with van der Waals surface area (Å²) in [6, 6.07) is 14.1. The molecule has 0 saturated heterocycles. The Morgan fingerprint density at radius 1 is 1.11 bits per heavy atom. The Kier molecular flexibility index (Phi) is 10.7. The van der Waals surface area contributed by atoms with Crippen molar-refractivity contribution in [3.63, 3.8) is 0 Å². The van der Waals surface area contributed by atoms with Gasteiger partial charge < -0.3 is 25.8 Å². The average molecular weight is 612 g/mol. The van der Waals surface area contributed by atoms with Crippen LogP contribution in [0.3, 0.4) is 0 Å². The van der Waals surface area contributed by atoms with Crippen LogP contribution in [-0.4, -0.2) is 48.9 Å². The number of amides is 1. The second-order valence-electron chi connectivity index (χ2n) is 11.9. The number of hydrogen-bond donors (Lipinski definition) is 4. The van der Waals surface area contributed by atoms with Gasteiger partial charge in [-0.25, -0.2) is 4.79 Å². The van der Waals surface area contributed by atoms with Gasteiger partial charge in [0.05, 0.1) is 11.5 Å². The number of hydrogen-bond acceptors (Lipinski definition) is 8. The predicted octanol–water partition coefficient (Wildman–Crippen LogP) is 3.77. The topological polar surface area (TPSA) is 137 Å². The Morgan fingerprint density at radius 3 is 2.31 bits per heavy atom. The highest BCUT2D eigenvalue weighted by atomic mass is 16.5. The van der Waals surface area contributed by atoms with Gasteiger partial charge in [-0.05, 0) is 84.2 Å². The van der Waals surface area contributed by atoms with Gasteiger partial charge in [0.15, 0.2) is 5.82 Å². The molecule has 45 heavy (non-hydrogen) atoms. The molecule has 3 atom stereocenters. The highest BCUT2D eigenvalue weighted by Gasteiger charge is 2.45. The Morgan fingerprint density at radius 2 is 1.76 bits per heavy atom. The second-order valence-corrected chi connectivity index (χ2v) is 11.9. The molecule has 2 aromatic carbocycles. The molecule has 1 aliphatic rings. The van der Waals surface area contributed by atoms with Gasteiger partial charge in [-0.3, -0.25) is 4.79 Å². The maximum atomic E-state index is 12.6. The smallest absolute Gasteiger partial charge is 0.388 e. The van der Waals surface area contributed by atoms with E-state index in [1.165, 1.54) is 4.74 Å². The van der Waals surface area contributed by atoms with Gasteiger partial charge >= 0.3 is 5.76 Å². The van der Waals surface area contributed by atoms with E-state index in [0.29, 0.717) is 43.2 Å². The van der Waals surface area contributed by atoms with E-state index in [2.05, 4.69) is 71.5 Å². The summed E-state index contributed by atoms with van der Waals surface area (Å²) in [5, 5.41) is 22.3. The van der Waals surface area contributed by atoms with E-state index in [4.69, 9.17) is 4.52 Å². The normalized spacial score (nSPS) is 16.7. The summed E-state index contributed by atoms with van der Waals surface area (Å²) in [7, 11) is 5.16. The summed E-state index contributed by atoms with van der Waals surface area (Å²) in [5.41, 5.74) is 6.29. The Bertz CT molecular complexity index is 1590. The Balaban J connectivity index is 1.78. The molecule has 4 N–H and O–H groups in total. The first-order valence-electron chi connectivity index (χ1n) is 15.5. The van der Waals surface area contributed by atoms with E-state index in [0.717, 1.165) is 58.5 Å². The van der Waals surface area contributed by atoms with Crippen molar-refractivity contribution in [1.82, 2.24) is 31.0 Å². The predicted molar refractivity (Wildman–Crippen MR) is 177 cm³/mol. The molecule has 1 aliphatic carbocycles. The standard InChI is InChI=1S/C35H45N7O3/c1-8-22(2)17-29(20-36)40-23(3)21-39-16-15-35(33-41-34(44)45-42(33)7)30-13-11-25(24(4)37-5)18-26(30)9-10-27-19-28(32(43)38-6)12-14-31(27)35/h11-14,18-19,22,29,37,39-40H,3-4,8-10,15-17,21H2,1-2,5-7H3,(H,38,43)/t22-,29?,35?/m0/s1. The van der Waals surface area contributed by atoms with Crippen molar-refractivity contribution in [2.45, 2.75) is 57.4 Å². The first-order chi connectivity index (χ1) is 21.6. The summed E-state index contributed by atoms with van der Waals surface area (Å²) in [5.74, 6) is 0.0858. The van der Waals surface area contributed by atoms with Gasteiger partial charge in [0.1, 0.15) is 6.04 Å². The molecule has 0 aliphatic heterocycles. The van der Waals surface area contributed by atoms with Crippen LogP contribution in [0.15, 0.2) is 64.6 Å². The molecule has 238 valence electrons. The third-order valence-corrected chi connectivity index (χ3v) is 8.91. The van der Waals surface area contributed by atoms with Gasteiger partial charge in [-0.1, -0.05) is 51.6 Å². The number of aryl methyl sites for hydroxylation is 3. The highest BCUT2D eigenvalue weighted by molar-refractivity contribution is 5.94. The number of nitrogens with one attached hydrogen (secondary N) is 4. The van der Waals surface area contributed by atoms with Crippen LogP contribution in [0, 0.1) is 17.2 Å². The molecule has 0 fully saturated rings. The minimum atomic E-state index is -0.879. The maximum Gasteiger partial charge on any atom is 0.459 e. The fourth-order valence-electron chi connectivity index (χ4n) is 6.32. The van der Waals surface area contributed by atoms with E-state index < -0.39 is 11.2 Å². The van der Waals surface area contributed by atoms with E-state index in [9.17, 15) is 14.9 Å². The maximum absolute atomic E-state index is 12.6. The molecule has 1 amide bonds. The number of carbonyl (C=O) groups is 1. The molecule has 0 radical (unpaired) electrons. The summed E-state index contributed by atoms with van der Waals surface area (Å²) < 4.78 is 6.91. The fraction of sp³-hybridized carbons (Fsp3) is 0.429. The number of fused-ring (bicyclic) bond motifs is 2. The van der Waals surface area contributed by atoms with E-state index >= 15 is 0 Å². The molecular formula is C35H45N7O3. The van der Waals surface area contributed by atoms with Gasteiger partial charge in [0, 0.05) is 44.6 Å². The number of aromatic nitrogens is 2. The van der Waals surface area contributed by atoms with Crippen molar-refractivity contribution in [1.29, 1.82) is 5.26 Å². The minimum Gasteiger partial charge on any atom is -0.388 e. The molecular weight excluding hydrogens is 566 g/mol. The van der Waals surface area contributed by atoms with Crippen LogP contribution in [0.5, 0.6) is 0 Å². The summed E-state index contributed by atoms with van der Waals surface area (Å²) >= 11 is 0. The van der Waals surface area contributed by atoms with Crippen molar-refractivity contribution in [2.75, 3.05) is 27.2 Å². The van der Waals surface area contributed by atoms with Crippen LogP contribution in [-0.2, 0) is 25.3 Å². The van der Waals surface area contributed by atoms with Crippen molar-refractivity contribution >= 4 is 11.6 Å². The molecule has 2 unspecified atom stereocenters. The molecule has 0 bridgehead atoms. The van der Waals surface area contributed by atoms with Crippen molar-refractivity contribution in [3.8, 4) is 6.07 Å². The number of rotatable bonds is 14. The first-order valence-corrected chi connectivity index (χ1v) is 15.5. The van der Waals surface area contributed by atoms with Crippen LogP contribution in [0.4, 0.5) is 0 Å². The highest BCUT2D eigenvalue weighted by Crippen LogP contribution is 2.46. The zero-order valence-electron chi connectivity index (χ0n) is 27.0. The van der Waals surface area contributed by atoms with Crippen molar-refractivity contribution < 1.29 is 9.32 Å². The number of benzene rings is 2. The quantitative estimate of drug-likeness (QED) is 0.202. The van der Waals surface area contributed by atoms with Crippen LogP contribution < -0.4 is 27.0 Å². The number of nitrogens with zero attached hydrogens (tertiary/aromatic N) is 3. The molecule has 1 aromatic heterocycles. The lowest BCUT2D eigenvalue weighted by Crippen LogP contribution is -2.39. The van der Waals surface area contributed by atoms with E-state index in [1.54, 1.807) is 14.1 Å². The van der Waals surface area contributed by atoms with Crippen LogP contribution in [0.2, 0.25) is 0 Å². The second kappa shape index (κ2) is 14.4. The third kappa shape index (κ3) is 7.04. The minimum absolute atomic E-state index is 0.164. The molecule has 3 aromatic rings. The Labute approximate surface area is 265 Å². The molecule has 1 heterocycles. The lowest BCUT2D eigenvalue weighted by molar-refractivity contribution is 0.0963. The largest absolute Gasteiger partial charge is 0.459 e. The lowest BCUT2D eigenvalue weighted by atomic mass is 9.69. The number of nitriles is 1. The molecule has 0 spiro atoms. The summed E-state index contributed by atoms with van der Waals surface area (Å²) in [4.78, 5) is 29.7. The molecule has 4 rings (SSSR count). The zero-order chi connectivity index (χ0) is 32.7. The van der Waals surface area contributed by atoms with Gasteiger partial charge in [0.25, 0.3) is 5.91 Å². The third-order valence-electron chi connectivity index (χ3n) is 8.91. The lowest BCUT2D eigenvalue weighted by Gasteiger charge is -2.35. The average Bonchev–Trinajstić information content (AvgIpc) is 3.32. The van der Waals surface area contributed by atoms with Gasteiger partial charge in [-0.15, -0.1) is 0 Å². The zero-order valence-corrected chi connectivity index (χ0v) is 27.0. The van der Waals surface area contributed by atoms with Gasteiger partial charge in [-0.2, -0.15) is 15.0 Å². The van der Waals surface area contributed by atoms with Crippen molar-refractivity contribution in [3.05, 3.63) is 105 Å². The Hall–Kier alpha value is -4.62. The summed E-state index contributed by atoms with van der Waals surface area (Å²) in [6.45, 7) is 13.6. The van der Waals surface area contributed by atoms with Gasteiger partial charge in [0.2, 0.25) is 0 Å². The van der Waals surface area contributed by atoms with Crippen LogP contribution in [0.1, 0.15) is 77.1 Å². The molecule has 10 heteroatoms. The fourth-order valence-corrected chi connectivity index (χ4v) is 6.32. The summed E-state index contributed by atoms with van der Waals surface area (Å²) in [6.07, 6.45) is 3.70.